The number of guanidine groups is 1. The molecule has 0 bridgehead atoms. The zero-order valence-corrected chi connectivity index (χ0v) is 13.8. The van der Waals surface area contributed by atoms with Crippen LogP contribution < -0.4 is 5.32 Å². The maximum Gasteiger partial charge on any atom is 0.219 e. The van der Waals surface area contributed by atoms with Crippen LogP contribution in [0.25, 0.3) is 0 Å². The van der Waals surface area contributed by atoms with Crippen LogP contribution in [0.5, 0.6) is 0 Å². The van der Waals surface area contributed by atoms with Gasteiger partial charge in [0.2, 0.25) is 5.96 Å². The second kappa shape index (κ2) is 6.21. The van der Waals surface area contributed by atoms with Crippen molar-refractivity contribution in [2.24, 2.45) is 9.98 Å². The van der Waals surface area contributed by atoms with E-state index in [4.69, 9.17) is 0 Å². The van der Waals surface area contributed by atoms with Crippen molar-refractivity contribution < 1.29 is 0 Å². The molecule has 20 heavy (non-hydrogen) atoms. The first-order valence-electron chi connectivity index (χ1n) is 7.06. The molecule has 110 valence electrons. The Morgan fingerprint density at radius 1 is 0.950 bits per heavy atom. The molecule has 0 saturated carbocycles. The van der Waals surface area contributed by atoms with E-state index >= 15 is 0 Å². The fraction of sp³-hybridized carbons (Fsp3) is 0.529. The van der Waals surface area contributed by atoms with E-state index in [-0.39, 0.29) is 11.1 Å². The molecule has 0 amide bonds. The van der Waals surface area contributed by atoms with E-state index in [1.54, 1.807) is 0 Å². The monoisotopic (exact) mass is 273 g/mol. The van der Waals surface area contributed by atoms with E-state index in [0.29, 0.717) is 5.96 Å². The van der Waals surface area contributed by atoms with E-state index in [1.807, 2.05) is 25.1 Å². The highest BCUT2D eigenvalue weighted by molar-refractivity contribution is 6.05. The molecule has 1 aromatic carbocycles. The van der Waals surface area contributed by atoms with Crippen LogP contribution >= 0.6 is 0 Å². The molecule has 0 atom stereocenters. The smallest absolute Gasteiger partial charge is 0.219 e. The Hall–Kier alpha value is -1.64. The maximum absolute atomic E-state index is 4.68. The van der Waals surface area contributed by atoms with Crippen LogP contribution in [-0.2, 0) is 0 Å². The van der Waals surface area contributed by atoms with Crippen LogP contribution in [-0.4, -0.2) is 22.7 Å². The number of benzene rings is 1. The predicted octanol–water partition coefficient (Wildman–Crippen LogP) is 4.04. The fourth-order valence-corrected chi connectivity index (χ4v) is 1.64. The number of hydrogen-bond donors (Lipinski definition) is 1. The Morgan fingerprint density at radius 3 is 1.95 bits per heavy atom. The third-order valence-corrected chi connectivity index (χ3v) is 2.39. The van der Waals surface area contributed by atoms with Crippen molar-refractivity contribution in [1.29, 1.82) is 0 Å². The molecule has 0 saturated heterocycles. The summed E-state index contributed by atoms with van der Waals surface area (Å²) in [6.45, 7) is 14.6. The zero-order chi connectivity index (χ0) is 15.4. The maximum atomic E-state index is 4.68. The van der Waals surface area contributed by atoms with E-state index < -0.39 is 0 Å². The molecule has 0 unspecified atom stereocenters. The highest BCUT2D eigenvalue weighted by Gasteiger charge is 2.16. The van der Waals surface area contributed by atoms with E-state index in [1.165, 1.54) is 0 Å². The third-order valence-electron chi connectivity index (χ3n) is 2.39. The van der Waals surface area contributed by atoms with Crippen LogP contribution in [0.4, 0.5) is 0 Å². The Kier molecular flexibility index (Phi) is 5.09. The van der Waals surface area contributed by atoms with Crippen LogP contribution in [0.15, 0.2) is 40.3 Å². The molecule has 0 aliphatic rings. The van der Waals surface area contributed by atoms with Crippen molar-refractivity contribution in [2.45, 2.75) is 59.5 Å². The normalized spacial score (nSPS) is 14.3. The van der Waals surface area contributed by atoms with Gasteiger partial charge in [0.25, 0.3) is 0 Å². The molecule has 3 heteroatoms. The molecule has 0 heterocycles. The number of aliphatic imine (C=N–C) groups is 2. The molecule has 0 radical (unpaired) electrons. The largest absolute Gasteiger partial charge is 0.350 e. The summed E-state index contributed by atoms with van der Waals surface area (Å²) >= 11 is 0. The van der Waals surface area contributed by atoms with Gasteiger partial charge in [-0.25, -0.2) is 9.98 Å². The summed E-state index contributed by atoms with van der Waals surface area (Å²) in [5, 5.41) is 3.38. The minimum atomic E-state index is -0.159. The highest BCUT2D eigenvalue weighted by atomic mass is 15.2. The Bertz CT molecular complexity index is 485. The lowest BCUT2D eigenvalue weighted by Crippen LogP contribution is -2.41. The number of hydrogen-bond acceptors (Lipinski definition) is 1. The molecule has 1 N–H and O–H groups in total. The minimum absolute atomic E-state index is 0.0649. The van der Waals surface area contributed by atoms with Crippen LogP contribution in [0.1, 0.15) is 54.0 Å². The average molecular weight is 273 g/mol. The second-order valence-corrected chi connectivity index (χ2v) is 7.04. The molecule has 0 fully saturated rings. The standard InChI is InChI=1S/C17H27N3/c1-13(14-11-9-8-10-12-14)18-15(19-16(2,3)4)20-17(5,6)7/h8-12H,1-7H3,(H,19,20). The van der Waals surface area contributed by atoms with Crippen molar-refractivity contribution in [3.63, 3.8) is 0 Å². The lowest BCUT2D eigenvalue weighted by molar-refractivity contribution is 0.499. The lowest BCUT2D eigenvalue weighted by Gasteiger charge is -2.24. The van der Waals surface area contributed by atoms with Gasteiger partial charge in [0.05, 0.1) is 5.54 Å². The summed E-state index contributed by atoms with van der Waals surface area (Å²) in [6, 6.07) is 10.2. The van der Waals surface area contributed by atoms with Gasteiger partial charge in [-0.15, -0.1) is 0 Å². The molecule has 1 aromatic rings. The minimum Gasteiger partial charge on any atom is -0.350 e. The second-order valence-electron chi connectivity index (χ2n) is 7.04. The molecule has 1 rings (SSSR count). The van der Waals surface area contributed by atoms with Gasteiger partial charge in [-0.1, -0.05) is 30.3 Å². The Labute approximate surface area is 123 Å². The molecular weight excluding hydrogens is 246 g/mol. The van der Waals surface area contributed by atoms with E-state index in [2.05, 4.69) is 69.0 Å². The van der Waals surface area contributed by atoms with Crippen molar-refractivity contribution in [1.82, 2.24) is 5.32 Å². The number of nitrogens with one attached hydrogen (secondary N) is 1. The fourth-order valence-electron chi connectivity index (χ4n) is 1.64. The van der Waals surface area contributed by atoms with E-state index in [0.717, 1.165) is 11.3 Å². The first-order chi connectivity index (χ1) is 9.07. The average Bonchev–Trinajstić information content (AvgIpc) is 2.25. The summed E-state index contributed by atoms with van der Waals surface area (Å²) in [6.07, 6.45) is 0. The summed E-state index contributed by atoms with van der Waals surface area (Å²) < 4.78 is 0. The van der Waals surface area contributed by atoms with Crippen molar-refractivity contribution in [3.8, 4) is 0 Å². The Balaban J connectivity index is 3.10. The molecular formula is C17H27N3. The first-order valence-corrected chi connectivity index (χ1v) is 7.06. The molecule has 0 aliphatic carbocycles. The first kappa shape index (κ1) is 16.4. The predicted molar refractivity (Wildman–Crippen MR) is 88.7 cm³/mol. The van der Waals surface area contributed by atoms with Crippen molar-refractivity contribution in [2.75, 3.05) is 0 Å². The summed E-state index contributed by atoms with van der Waals surface area (Å²) in [5.41, 5.74) is 1.86. The van der Waals surface area contributed by atoms with Crippen LogP contribution in [0, 0.1) is 0 Å². The van der Waals surface area contributed by atoms with Gasteiger partial charge >= 0.3 is 0 Å². The van der Waals surface area contributed by atoms with Gasteiger partial charge in [-0.2, -0.15) is 0 Å². The van der Waals surface area contributed by atoms with Crippen LogP contribution in [0.2, 0.25) is 0 Å². The zero-order valence-electron chi connectivity index (χ0n) is 13.8. The quantitative estimate of drug-likeness (QED) is 0.608. The summed E-state index contributed by atoms with van der Waals surface area (Å²) in [7, 11) is 0. The van der Waals surface area contributed by atoms with Gasteiger partial charge in [0.15, 0.2) is 0 Å². The van der Waals surface area contributed by atoms with Crippen molar-refractivity contribution in [3.05, 3.63) is 35.9 Å². The van der Waals surface area contributed by atoms with Gasteiger partial charge in [-0.05, 0) is 54.0 Å². The van der Waals surface area contributed by atoms with Crippen LogP contribution in [0.3, 0.4) is 0 Å². The third kappa shape index (κ3) is 6.50. The van der Waals surface area contributed by atoms with Crippen molar-refractivity contribution >= 4 is 11.7 Å². The number of nitrogens with zero attached hydrogens (tertiary/aromatic N) is 2. The Morgan fingerprint density at radius 2 is 1.50 bits per heavy atom. The summed E-state index contributed by atoms with van der Waals surface area (Å²) in [5.74, 6) is 0.686. The SMILES string of the molecule is CC(=NC(=NC(C)(C)C)NC(C)(C)C)c1ccccc1. The molecule has 0 spiro atoms. The molecule has 0 aliphatic heterocycles. The molecule has 0 aromatic heterocycles. The summed E-state index contributed by atoms with van der Waals surface area (Å²) in [4.78, 5) is 9.35. The topological polar surface area (TPSA) is 36.8 Å². The van der Waals surface area contributed by atoms with Gasteiger partial charge in [0, 0.05) is 11.3 Å². The van der Waals surface area contributed by atoms with Gasteiger partial charge in [0.1, 0.15) is 0 Å². The van der Waals surface area contributed by atoms with E-state index in [9.17, 15) is 0 Å². The van der Waals surface area contributed by atoms with Gasteiger partial charge < -0.3 is 5.32 Å². The van der Waals surface area contributed by atoms with Gasteiger partial charge in [-0.3, -0.25) is 0 Å². The highest BCUT2D eigenvalue weighted by Crippen LogP contribution is 2.10. The number of rotatable bonds is 1. The lowest BCUT2D eigenvalue weighted by atomic mass is 10.1. The molecule has 3 nitrogen and oxygen atoms in total.